The summed E-state index contributed by atoms with van der Waals surface area (Å²) in [6.07, 6.45) is 1.88. The summed E-state index contributed by atoms with van der Waals surface area (Å²) in [7, 11) is 0. The van der Waals surface area contributed by atoms with Gasteiger partial charge < -0.3 is 5.32 Å². The Morgan fingerprint density at radius 3 is 2.65 bits per heavy atom. The van der Waals surface area contributed by atoms with Crippen molar-refractivity contribution in [1.29, 1.82) is 0 Å². The number of aryl methyl sites for hydroxylation is 1. The van der Waals surface area contributed by atoms with Crippen molar-refractivity contribution in [1.82, 2.24) is 0 Å². The average molecular weight is 310 g/mol. The Balaban J connectivity index is 2.18. The minimum Gasteiger partial charge on any atom is -0.319 e. The lowest BCUT2D eigenvalue weighted by atomic mass is 10.2. The number of carbonyl (C=O) groups excluding carboxylic acids is 1. The summed E-state index contributed by atoms with van der Waals surface area (Å²) in [5, 5.41) is 3.77. The van der Waals surface area contributed by atoms with Crippen LogP contribution in [-0.2, 0) is 4.79 Å². The highest BCUT2D eigenvalue weighted by molar-refractivity contribution is 6.36. The van der Waals surface area contributed by atoms with Crippen LogP contribution in [0.15, 0.2) is 42.6 Å². The molecule has 1 aromatic heterocycles. The van der Waals surface area contributed by atoms with Gasteiger partial charge in [-0.15, -0.1) is 0 Å². The van der Waals surface area contributed by atoms with E-state index in [9.17, 15) is 4.79 Å². The van der Waals surface area contributed by atoms with Gasteiger partial charge in [-0.3, -0.25) is 4.79 Å². The number of aromatic nitrogens is 1. The van der Waals surface area contributed by atoms with Crippen LogP contribution in [0.25, 0.3) is 0 Å². The van der Waals surface area contributed by atoms with Gasteiger partial charge in [0.05, 0.1) is 10.7 Å². The summed E-state index contributed by atoms with van der Waals surface area (Å²) < 4.78 is 1.90. The molecule has 0 spiro atoms. The summed E-state index contributed by atoms with van der Waals surface area (Å²) in [6.45, 7) is 3.80. The Kier molecular flexibility index (Phi) is 4.63. The molecule has 0 radical (unpaired) electrons. The normalized spacial score (nSPS) is 12.0. The fraction of sp³-hybridized carbons (Fsp3) is 0.200. The lowest BCUT2D eigenvalue weighted by Gasteiger charge is -2.11. The molecule has 0 bridgehead atoms. The number of nitrogens with zero attached hydrogens (tertiary/aromatic N) is 1. The van der Waals surface area contributed by atoms with E-state index < -0.39 is 0 Å². The molecular weight excluding hydrogens is 295 g/mol. The Hall–Kier alpha value is -1.58. The molecule has 20 heavy (non-hydrogen) atoms. The zero-order valence-corrected chi connectivity index (χ0v) is 12.7. The molecule has 5 heteroatoms. The van der Waals surface area contributed by atoms with E-state index in [0.29, 0.717) is 15.7 Å². The summed E-state index contributed by atoms with van der Waals surface area (Å²) in [4.78, 5) is 12.3. The first-order chi connectivity index (χ1) is 9.49. The number of benzene rings is 1. The minimum atomic E-state index is -0.331. The SMILES string of the molecule is Cc1cccc[n+]1[C@H](C)C(=O)Nc1ccc(Cl)cc1Cl. The van der Waals surface area contributed by atoms with Crippen LogP contribution in [0.1, 0.15) is 18.7 Å². The number of amides is 1. The zero-order chi connectivity index (χ0) is 14.7. The molecule has 104 valence electrons. The number of halogens is 2. The first kappa shape index (κ1) is 14.8. The number of anilines is 1. The summed E-state index contributed by atoms with van der Waals surface area (Å²) >= 11 is 11.9. The van der Waals surface area contributed by atoms with Crippen LogP contribution in [0.3, 0.4) is 0 Å². The third-order valence-electron chi connectivity index (χ3n) is 3.09. The van der Waals surface area contributed by atoms with Gasteiger partial charge in [-0.25, -0.2) is 0 Å². The highest BCUT2D eigenvalue weighted by Crippen LogP contribution is 2.25. The van der Waals surface area contributed by atoms with Crippen LogP contribution in [0, 0.1) is 6.92 Å². The van der Waals surface area contributed by atoms with Gasteiger partial charge in [-0.1, -0.05) is 29.3 Å². The monoisotopic (exact) mass is 309 g/mol. The van der Waals surface area contributed by atoms with Crippen molar-refractivity contribution in [3.63, 3.8) is 0 Å². The van der Waals surface area contributed by atoms with Gasteiger partial charge in [0, 0.05) is 31.0 Å². The third-order valence-corrected chi connectivity index (χ3v) is 3.64. The number of nitrogens with one attached hydrogen (secondary N) is 1. The van der Waals surface area contributed by atoms with Crippen LogP contribution in [-0.4, -0.2) is 5.91 Å². The molecule has 1 aromatic carbocycles. The van der Waals surface area contributed by atoms with E-state index >= 15 is 0 Å². The Labute approximate surface area is 128 Å². The second-order valence-electron chi connectivity index (χ2n) is 4.54. The standard InChI is InChI=1S/C15H14Cl2N2O/c1-10-5-3-4-8-19(10)11(2)15(20)18-14-7-6-12(16)9-13(14)17/h3-9,11H,1-2H3/p+1/t11-/m1/s1. The van der Waals surface area contributed by atoms with E-state index in [1.165, 1.54) is 0 Å². The van der Waals surface area contributed by atoms with Gasteiger partial charge in [0.15, 0.2) is 11.9 Å². The van der Waals surface area contributed by atoms with E-state index in [1.54, 1.807) is 18.2 Å². The Bertz CT molecular complexity index is 644. The molecule has 1 N–H and O–H groups in total. The van der Waals surface area contributed by atoms with E-state index in [2.05, 4.69) is 5.32 Å². The van der Waals surface area contributed by atoms with Crippen molar-refractivity contribution in [3.05, 3.63) is 58.3 Å². The van der Waals surface area contributed by atoms with Crippen LogP contribution in [0.2, 0.25) is 10.0 Å². The van der Waals surface area contributed by atoms with Crippen molar-refractivity contribution < 1.29 is 9.36 Å². The van der Waals surface area contributed by atoms with Crippen molar-refractivity contribution in [2.45, 2.75) is 19.9 Å². The predicted molar refractivity (Wildman–Crippen MR) is 81.2 cm³/mol. The Morgan fingerprint density at radius 1 is 1.25 bits per heavy atom. The number of hydrogen-bond donors (Lipinski definition) is 1. The number of carbonyl (C=O) groups is 1. The topological polar surface area (TPSA) is 33.0 Å². The van der Waals surface area contributed by atoms with E-state index in [-0.39, 0.29) is 11.9 Å². The minimum absolute atomic E-state index is 0.131. The number of hydrogen-bond acceptors (Lipinski definition) is 1. The van der Waals surface area contributed by atoms with Crippen molar-refractivity contribution in [2.75, 3.05) is 5.32 Å². The molecule has 0 saturated heterocycles. The molecule has 0 saturated carbocycles. The summed E-state index contributed by atoms with van der Waals surface area (Å²) in [5.74, 6) is -0.131. The molecule has 1 heterocycles. The summed E-state index contributed by atoms with van der Waals surface area (Å²) in [6, 6.07) is 10.4. The smallest absolute Gasteiger partial charge is 0.293 e. The number of rotatable bonds is 3. The molecule has 0 fully saturated rings. The van der Waals surface area contributed by atoms with E-state index in [1.807, 2.05) is 42.8 Å². The molecule has 0 aliphatic carbocycles. The lowest BCUT2D eigenvalue weighted by Crippen LogP contribution is -2.46. The van der Waals surface area contributed by atoms with Gasteiger partial charge in [-0.05, 0) is 18.2 Å². The molecule has 2 aromatic rings. The highest BCUT2D eigenvalue weighted by Gasteiger charge is 2.24. The van der Waals surface area contributed by atoms with Gasteiger partial charge in [0.25, 0.3) is 5.91 Å². The van der Waals surface area contributed by atoms with Crippen LogP contribution in [0.5, 0.6) is 0 Å². The lowest BCUT2D eigenvalue weighted by molar-refractivity contribution is -0.711. The van der Waals surface area contributed by atoms with Gasteiger partial charge in [0.2, 0.25) is 6.04 Å². The molecule has 3 nitrogen and oxygen atoms in total. The predicted octanol–water partition coefficient (Wildman–Crippen LogP) is 3.79. The maximum absolute atomic E-state index is 12.3. The fourth-order valence-electron chi connectivity index (χ4n) is 1.93. The highest BCUT2D eigenvalue weighted by atomic mass is 35.5. The maximum atomic E-state index is 12.3. The van der Waals surface area contributed by atoms with Gasteiger partial charge >= 0.3 is 0 Å². The largest absolute Gasteiger partial charge is 0.319 e. The van der Waals surface area contributed by atoms with E-state index in [0.717, 1.165) is 5.69 Å². The van der Waals surface area contributed by atoms with Crippen molar-refractivity contribution in [2.24, 2.45) is 0 Å². The van der Waals surface area contributed by atoms with Gasteiger partial charge in [-0.2, -0.15) is 4.57 Å². The molecular formula is C15H15Cl2N2O+. The quantitative estimate of drug-likeness (QED) is 0.860. The maximum Gasteiger partial charge on any atom is 0.293 e. The second kappa shape index (κ2) is 6.25. The average Bonchev–Trinajstić information content (AvgIpc) is 2.41. The second-order valence-corrected chi connectivity index (χ2v) is 5.38. The molecule has 0 aliphatic heterocycles. The van der Waals surface area contributed by atoms with Crippen LogP contribution >= 0.6 is 23.2 Å². The van der Waals surface area contributed by atoms with Crippen LogP contribution in [0.4, 0.5) is 5.69 Å². The fourth-order valence-corrected chi connectivity index (χ4v) is 2.39. The van der Waals surface area contributed by atoms with Crippen molar-refractivity contribution in [3.8, 4) is 0 Å². The van der Waals surface area contributed by atoms with Crippen LogP contribution < -0.4 is 9.88 Å². The first-order valence-electron chi connectivity index (χ1n) is 6.21. The molecule has 2 rings (SSSR count). The zero-order valence-electron chi connectivity index (χ0n) is 11.2. The van der Waals surface area contributed by atoms with Crippen molar-refractivity contribution >= 4 is 34.8 Å². The number of pyridine rings is 1. The summed E-state index contributed by atoms with van der Waals surface area (Å²) in [5.41, 5.74) is 1.57. The Morgan fingerprint density at radius 2 is 2.00 bits per heavy atom. The molecule has 1 amide bonds. The van der Waals surface area contributed by atoms with E-state index in [4.69, 9.17) is 23.2 Å². The molecule has 0 aliphatic rings. The molecule has 1 atom stereocenters. The van der Waals surface area contributed by atoms with Gasteiger partial charge in [0.1, 0.15) is 0 Å². The first-order valence-corrected chi connectivity index (χ1v) is 6.97. The third kappa shape index (κ3) is 3.30. The molecule has 0 unspecified atom stereocenters.